The third-order valence-corrected chi connectivity index (χ3v) is 5.81. The molecule has 3 aromatic rings. The number of hydrogen-bond acceptors (Lipinski definition) is 3. The lowest BCUT2D eigenvalue weighted by molar-refractivity contribution is 0.0461. The first-order valence-corrected chi connectivity index (χ1v) is 9.93. The highest BCUT2D eigenvalue weighted by Gasteiger charge is 2.29. The zero-order valence-corrected chi connectivity index (χ0v) is 16.4. The van der Waals surface area contributed by atoms with Gasteiger partial charge in [-0.25, -0.2) is 0 Å². The van der Waals surface area contributed by atoms with Crippen LogP contribution in [0.5, 0.6) is 0 Å². The number of aliphatic hydroxyl groups excluding tert-OH is 1. The molecule has 144 valence electrons. The minimum Gasteiger partial charge on any atom is -0.388 e. The van der Waals surface area contributed by atoms with Crippen LogP contribution in [0.25, 0.3) is 10.9 Å². The molecule has 1 amide bonds. The Bertz CT molecular complexity index is 992. The van der Waals surface area contributed by atoms with E-state index in [0.717, 1.165) is 40.6 Å². The van der Waals surface area contributed by atoms with E-state index in [0.29, 0.717) is 18.7 Å². The molecule has 1 atom stereocenters. The van der Waals surface area contributed by atoms with Crippen molar-refractivity contribution < 1.29 is 9.90 Å². The van der Waals surface area contributed by atoms with Crippen LogP contribution in [0.3, 0.4) is 0 Å². The number of fused-ring (bicyclic) bond motifs is 1. The Hall–Kier alpha value is -2.72. The fourth-order valence-electron chi connectivity index (χ4n) is 4.12. The number of rotatable bonds is 3. The lowest BCUT2D eigenvalue weighted by atomic mass is 9.87. The third kappa shape index (κ3) is 3.65. The third-order valence-electron chi connectivity index (χ3n) is 5.81. The van der Waals surface area contributed by atoms with E-state index in [1.165, 1.54) is 0 Å². The highest BCUT2D eigenvalue weighted by molar-refractivity contribution is 5.98. The zero-order chi connectivity index (χ0) is 19.7. The highest BCUT2D eigenvalue weighted by atomic mass is 16.3. The lowest BCUT2D eigenvalue weighted by Crippen LogP contribution is -2.40. The molecule has 1 aliphatic heterocycles. The van der Waals surface area contributed by atoms with E-state index >= 15 is 0 Å². The van der Waals surface area contributed by atoms with E-state index in [2.05, 4.69) is 11.1 Å². The van der Waals surface area contributed by atoms with Crippen LogP contribution in [-0.2, 0) is 0 Å². The molecule has 28 heavy (non-hydrogen) atoms. The molecular formula is C24H26N2O2. The van der Waals surface area contributed by atoms with Gasteiger partial charge in [0.1, 0.15) is 0 Å². The van der Waals surface area contributed by atoms with Crippen molar-refractivity contribution in [1.29, 1.82) is 0 Å². The number of carbonyl (C=O) groups is 1. The Morgan fingerprint density at radius 3 is 2.50 bits per heavy atom. The number of amides is 1. The van der Waals surface area contributed by atoms with Crippen molar-refractivity contribution in [3.63, 3.8) is 0 Å². The van der Waals surface area contributed by atoms with E-state index in [1.807, 2.05) is 67.3 Å². The zero-order valence-electron chi connectivity index (χ0n) is 16.4. The number of pyridine rings is 1. The first-order chi connectivity index (χ1) is 13.5. The number of likely N-dealkylation sites (tertiary alicyclic amines) is 1. The monoisotopic (exact) mass is 374 g/mol. The Labute approximate surface area is 165 Å². The molecule has 0 bridgehead atoms. The van der Waals surface area contributed by atoms with Crippen LogP contribution in [0.4, 0.5) is 0 Å². The summed E-state index contributed by atoms with van der Waals surface area (Å²) < 4.78 is 0. The van der Waals surface area contributed by atoms with Gasteiger partial charge in [0.05, 0.1) is 22.9 Å². The van der Waals surface area contributed by atoms with Crippen LogP contribution in [0, 0.1) is 19.8 Å². The van der Waals surface area contributed by atoms with E-state index in [1.54, 1.807) is 0 Å². The molecule has 0 aliphatic carbocycles. The summed E-state index contributed by atoms with van der Waals surface area (Å²) in [7, 11) is 0. The van der Waals surface area contributed by atoms with E-state index in [-0.39, 0.29) is 11.8 Å². The lowest BCUT2D eigenvalue weighted by Gasteiger charge is -2.34. The summed E-state index contributed by atoms with van der Waals surface area (Å²) in [5.41, 5.74) is 4.49. The quantitative estimate of drug-likeness (QED) is 0.737. The van der Waals surface area contributed by atoms with Gasteiger partial charge in [-0.05, 0) is 56.4 Å². The number of carbonyl (C=O) groups excluding carboxylic acids is 1. The summed E-state index contributed by atoms with van der Waals surface area (Å²) in [5.74, 6) is 0.228. The number of aromatic nitrogens is 1. The summed E-state index contributed by atoms with van der Waals surface area (Å²) in [4.78, 5) is 19.6. The predicted octanol–water partition coefficient (Wildman–Crippen LogP) is 4.44. The number of nitrogens with zero attached hydrogens (tertiary/aromatic N) is 2. The molecule has 0 radical (unpaired) electrons. The molecule has 1 N–H and O–H groups in total. The van der Waals surface area contributed by atoms with Crippen LogP contribution < -0.4 is 0 Å². The van der Waals surface area contributed by atoms with Gasteiger partial charge in [0.2, 0.25) is 0 Å². The SMILES string of the molecule is Cc1ccc2nc(C)c(C(=O)N3CCC(C(O)c4ccccc4)CC3)cc2c1. The van der Waals surface area contributed by atoms with Crippen molar-refractivity contribution in [2.24, 2.45) is 5.92 Å². The Kier molecular flexibility index (Phi) is 5.14. The van der Waals surface area contributed by atoms with Gasteiger partial charge >= 0.3 is 0 Å². The Balaban J connectivity index is 1.48. The molecule has 1 saturated heterocycles. The summed E-state index contributed by atoms with van der Waals surface area (Å²) in [6, 6.07) is 17.9. The van der Waals surface area contributed by atoms with Crippen molar-refractivity contribution in [2.75, 3.05) is 13.1 Å². The smallest absolute Gasteiger partial charge is 0.255 e. The second-order valence-corrected chi connectivity index (χ2v) is 7.80. The molecule has 1 aromatic heterocycles. The van der Waals surface area contributed by atoms with Gasteiger partial charge in [0.25, 0.3) is 5.91 Å². The maximum Gasteiger partial charge on any atom is 0.255 e. The van der Waals surface area contributed by atoms with Gasteiger partial charge in [0, 0.05) is 18.5 Å². The number of piperidine rings is 1. The average molecular weight is 374 g/mol. The topological polar surface area (TPSA) is 53.4 Å². The van der Waals surface area contributed by atoms with E-state index < -0.39 is 6.10 Å². The normalized spacial score (nSPS) is 16.3. The molecule has 1 aliphatic rings. The molecule has 4 rings (SSSR count). The summed E-state index contributed by atoms with van der Waals surface area (Å²) >= 11 is 0. The predicted molar refractivity (Wildman–Crippen MR) is 111 cm³/mol. The summed E-state index contributed by atoms with van der Waals surface area (Å²) in [5, 5.41) is 11.7. The molecule has 1 unspecified atom stereocenters. The number of aliphatic hydroxyl groups is 1. The fraction of sp³-hybridized carbons (Fsp3) is 0.333. The molecule has 4 nitrogen and oxygen atoms in total. The van der Waals surface area contributed by atoms with Gasteiger partial charge in [0.15, 0.2) is 0 Å². The fourth-order valence-corrected chi connectivity index (χ4v) is 4.12. The molecule has 2 aromatic carbocycles. The van der Waals surface area contributed by atoms with Crippen molar-refractivity contribution >= 4 is 16.8 Å². The van der Waals surface area contributed by atoms with Crippen molar-refractivity contribution in [2.45, 2.75) is 32.8 Å². The van der Waals surface area contributed by atoms with Gasteiger partial charge in [-0.15, -0.1) is 0 Å². The summed E-state index contributed by atoms with van der Waals surface area (Å²) in [6.45, 7) is 5.28. The maximum atomic E-state index is 13.1. The van der Waals surface area contributed by atoms with E-state index in [9.17, 15) is 9.90 Å². The minimum atomic E-state index is -0.467. The van der Waals surface area contributed by atoms with Crippen molar-refractivity contribution in [1.82, 2.24) is 9.88 Å². The highest BCUT2D eigenvalue weighted by Crippen LogP contribution is 2.31. The van der Waals surface area contributed by atoms with Gasteiger partial charge in [-0.2, -0.15) is 0 Å². The first kappa shape index (κ1) is 18.6. The average Bonchev–Trinajstić information content (AvgIpc) is 2.73. The molecule has 0 spiro atoms. The number of benzene rings is 2. The van der Waals surface area contributed by atoms with Gasteiger partial charge in [-0.1, -0.05) is 42.0 Å². The second kappa shape index (κ2) is 7.72. The largest absolute Gasteiger partial charge is 0.388 e. The number of aryl methyl sites for hydroxylation is 2. The number of hydrogen-bond donors (Lipinski definition) is 1. The van der Waals surface area contributed by atoms with Crippen molar-refractivity contribution in [3.05, 3.63) is 77.0 Å². The van der Waals surface area contributed by atoms with Crippen LogP contribution in [0.2, 0.25) is 0 Å². The molecule has 4 heteroatoms. The summed E-state index contributed by atoms with van der Waals surface area (Å²) in [6.07, 6.45) is 1.15. The Morgan fingerprint density at radius 2 is 1.79 bits per heavy atom. The van der Waals surface area contributed by atoms with Crippen LogP contribution in [-0.4, -0.2) is 34.0 Å². The van der Waals surface area contributed by atoms with Crippen LogP contribution in [0.1, 0.15) is 46.1 Å². The minimum absolute atomic E-state index is 0.0426. The molecule has 1 fully saturated rings. The van der Waals surface area contributed by atoms with Gasteiger partial charge < -0.3 is 10.0 Å². The van der Waals surface area contributed by atoms with Crippen LogP contribution >= 0.6 is 0 Å². The first-order valence-electron chi connectivity index (χ1n) is 9.93. The Morgan fingerprint density at radius 1 is 1.07 bits per heavy atom. The molecule has 0 saturated carbocycles. The maximum absolute atomic E-state index is 13.1. The standard InChI is InChI=1S/C24H26N2O2/c1-16-8-9-22-20(14-16)15-21(17(2)25-22)24(28)26-12-10-19(11-13-26)23(27)18-6-4-3-5-7-18/h3-9,14-15,19,23,27H,10-13H2,1-2H3. The van der Waals surface area contributed by atoms with Gasteiger partial charge in [-0.3, -0.25) is 9.78 Å². The van der Waals surface area contributed by atoms with Crippen LogP contribution in [0.15, 0.2) is 54.6 Å². The van der Waals surface area contributed by atoms with E-state index in [4.69, 9.17) is 0 Å². The van der Waals surface area contributed by atoms with Crippen molar-refractivity contribution in [3.8, 4) is 0 Å². The molecular weight excluding hydrogens is 348 g/mol. The molecule has 2 heterocycles. The second-order valence-electron chi connectivity index (χ2n) is 7.80.